The van der Waals surface area contributed by atoms with E-state index >= 15 is 0 Å². The Kier molecular flexibility index (Phi) is 7.93. The van der Waals surface area contributed by atoms with Gasteiger partial charge in [-0.1, -0.05) is 52.7 Å². The second-order valence-corrected chi connectivity index (χ2v) is 8.20. The minimum absolute atomic E-state index is 0.481. The van der Waals surface area contributed by atoms with E-state index in [1.807, 2.05) is 23.7 Å². The maximum absolute atomic E-state index is 6.06. The van der Waals surface area contributed by atoms with Gasteiger partial charge in [0.05, 0.1) is 13.2 Å². The summed E-state index contributed by atoms with van der Waals surface area (Å²) in [6, 6.07) is 12.3. The first-order valence-corrected chi connectivity index (χ1v) is 11.3. The van der Waals surface area contributed by atoms with Gasteiger partial charge in [-0.05, 0) is 55.7 Å². The zero-order valence-corrected chi connectivity index (χ0v) is 19.9. The smallest absolute Gasteiger partial charge is 0.214 e. The first kappa shape index (κ1) is 22.4. The predicted molar refractivity (Wildman–Crippen MR) is 125 cm³/mol. The molecule has 0 radical (unpaired) electrons. The van der Waals surface area contributed by atoms with E-state index in [4.69, 9.17) is 21.7 Å². The summed E-state index contributed by atoms with van der Waals surface area (Å²) in [6.07, 6.45) is 1.84. The molecule has 0 aliphatic carbocycles. The maximum Gasteiger partial charge on any atom is 0.214 e. The van der Waals surface area contributed by atoms with E-state index in [0.29, 0.717) is 36.0 Å². The molecule has 1 aromatic heterocycles. The van der Waals surface area contributed by atoms with Crippen molar-refractivity contribution in [3.8, 4) is 11.5 Å². The number of hydrogen-bond acceptors (Lipinski definition) is 5. The predicted octanol–water partition coefficient (Wildman–Crippen LogP) is 5.69. The van der Waals surface area contributed by atoms with Gasteiger partial charge in [0, 0.05) is 10.9 Å². The Bertz CT molecular complexity index is 1030. The van der Waals surface area contributed by atoms with E-state index in [0.717, 1.165) is 34.3 Å². The molecular weight excluding hydrogens is 464 g/mol. The Balaban J connectivity index is 1.76. The van der Waals surface area contributed by atoms with Crippen molar-refractivity contribution in [3.63, 3.8) is 0 Å². The van der Waals surface area contributed by atoms with E-state index in [2.05, 4.69) is 69.7 Å². The van der Waals surface area contributed by atoms with Crippen molar-refractivity contribution in [1.82, 2.24) is 14.9 Å². The number of nitrogens with one attached hydrogen (secondary N) is 2. The van der Waals surface area contributed by atoms with Gasteiger partial charge >= 0.3 is 0 Å². The monoisotopic (exact) mass is 490 g/mol. The van der Waals surface area contributed by atoms with Crippen LogP contribution >= 0.6 is 28.1 Å². The van der Waals surface area contributed by atoms with E-state index in [1.165, 1.54) is 5.56 Å². The Hall–Kier alpha value is -2.32. The molecule has 6 nitrogen and oxygen atoms in total. The number of rotatable bonds is 10. The van der Waals surface area contributed by atoms with Crippen molar-refractivity contribution in [2.75, 3.05) is 12.0 Å². The first-order valence-electron chi connectivity index (χ1n) is 10.1. The summed E-state index contributed by atoms with van der Waals surface area (Å²) in [5.74, 6) is 2.32. The van der Waals surface area contributed by atoms with E-state index in [9.17, 15) is 0 Å². The van der Waals surface area contributed by atoms with Crippen molar-refractivity contribution in [1.29, 1.82) is 0 Å². The Morgan fingerprint density at radius 3 is 2.57 bits per heavy atom. The molecule has 0 amide bonds. The molecule has 30 heavy (non-hydrogen) atoms. The molecule has 0 saturated heterocycles. The summed E-state index contributed by atoms with van der Waals surface area (Å²) in [5, 5.41) is 7.13. The van der Waals surface area contributed by atoms with Crippen LogP contribution in [0.3, 0.4) is 0 Å². The lowest BCUT2D eigenvalue weighted by molar-refractivity contribution is 0.269. The van der Waals surface area contributed by atoms with Crippen LogP contribution in [0.15, 0.2) is 40.9 Å². The van der Waals surface area contributed by atoms with Crippen molar-refractivity contribution in [2.45, 2.75) is 46.8 Å². The standard InChI is InChI=1S/C22H27BrN4O2S/c1-4-6-21-25-26-22(30)27(21)24-13-17-11-19(28-5-2)20(12-18(17)23)29-14-16-9-7-15(3)8-10-16/h7-12,24H,4-6,13-14H2,1-3H3,(H,26,30). The minimum atomic E-state index is 0.481. The lowest BCUT2D eigenvalue weighted by atomic mass is 10.1. The average molecular weight is 491 g/mol. The lowest BCUT2D eigenvalue weighted by Gasteiger charge is -2.16. The minimum Gasteiger partial charge on any atom is -0.490 e. The fourth-order valence-corrected chi connectivity index (χ4v) is 3.67. The van der Waals surface area contributed by atoms with Gasteiger partial charge in [-0.2, -0.15) is 5.10 Å². The topological polar surface area (TPSA) is 64.1 Å². The van der Waals surface area contributed by atoms with Crippen molar-refractivity contribution < 1.29 is 9.47 Å². The number of ether oxygens (including phenoxy) is 2. The van der Waals surface area contributed by atoms with Gasteiger partial charge in [-0.15, -0.1) is 0 Å². The number of H-pyrrole nitrogens is 1. The molecule has 8 heteroatoms. The van der Waals surface area contributed by atoms with E-state index < -0.39 is 0 Å². The molecule has 0 aliphatic rings. The second-order valence-electron chi connectivity index (χ2n) is 6.96. The molecule has 0 saturated carbocycles. The summed E-state index contributed by atoms with van der Waals surface area (Å²) < 4.78 is 15.2. The van der Waals surface area contributed by atoms with Gasteiger partial charge < -0.3 is 14.9 Å². The Morgan fingerprint density at radius 1 is 1.13 bits per heavy atom. The second kappa shape index (κ2) is 10.6. The summed E-state index contributed by atoms with van der Waals surface area (Å²) in [7, 11) is 0. The van der Waals surface area contributed by atoms with Gasteiger partial charge in [0.1, 0.15) is 6.61 Å². The third-order valence-electron chi connectivity index (χ3n) is 4.57. The quantitative estimate of drug-likeness (QED) is 0.357. The third kappa shape index (κ3) is 5.64. The highest BCUT2D eigenvalue weighted by Crippen LogP contribution is 2.34. The zero-order valence-electron chi connectivity index (χ0n) is 17.5. The number of hydrogen-bond donors (Lipinski definition) is 2. The number of aromatic nitrogens is 3. The van der Waals surface area contributed by atoms with Gasteiger partial charge in [0.15, 0.2) is 17.3 Å². The highest BCUT2D eigenvalue weighted by molar-refractivity contribution is 9.10. The van der Waals surface area contributed by atoms with Gasteiger partial charge in [-0.25, -0.2) is 4.68 Å². The molecule has 0 spiro atoms. The summed E-state index contributed by atoms with van der Waals surface area (Å²) in [5.41, 5.74) is 6.73. The van der Waals surface area contributed by atoms with Crippen LogP contribution < -0.4 is 14.9 Å². The van der Waals surface area contributed by atoms with Crippen LogP contribution in [0, 0.1) is 11.7 Å². The van der Waals surface area contributed by atoms with Crippen LogP contribution in [0.25, 0.3) is 0 Å². The fourth-order valence-electron chi connectivity index (χ4n) is 2.99. The molecular formula is C22H27BrN4O2S. The molecule has 2 aromatic carbocycles. The van der Waals surface area contributed by atoms with Crippen LogP contribution in [0.5, 0.6) is 11.5 Å². The van der Waals surface area contributed by atoms with Crippen LogP contribution in [-0.4, -0.2) is 21.5 Å². The van der Waals surface area contributed by atoms with Gasteiger partial charge in [-0.3, -0.25) is 5.10 Å². The number of aromatic amines is 1. The molecule has 160 valence electrons. The Morgan fingerprint density at radius 2 is 1.87 bits per heavy atom. The number of aryl methyl sites for hydroxylation is 2. The van der Waals surface area contributed by atoms with Gasteiger partial charge in [0.2, 0.25) is 4.77 Å². The summed E-state index contributed by atoms with van der Waals surface area (Å²) >= 11 is 9.00. The van der Waals surface area contributed by atoms with Crippen molar-refractivity contribution in [3.05, 3.63) is 68.2 Å². The van der Waals surface area contributed by atoms with Crippen LogP contribution in [0.4, 0.5) is 0 Å². The summed E-state index contributed by atoms with van der Waals surface area (Å²) in [6.45, 7) is 7.75. The SMILES string of the molecule is CCCc1n[nH]c(=S)n1NCc1cc(OCC)c(OCc2ccc(C)cc2)cc1Br. The van der Waals surface area contributed by atoms with Crippen LogP contribution in [0.1, 0.15) is 42.8 Å². The molecule has 3 rings (SSSR count). The lowest BCUT2D eigenvalue weighted by Crippen LogP contribution is -2.18. The largest absolute Gasteiger partial charge is 0.490 e. The van der Waals surface area contributed by atoms with E-state index in [-0.39, 0.29) is 0 Å². The number of nitrogens with zero attached hydrogens (tertiary/aromatic N) is 2. The normalized spacial score (nSPS) is 10.8. The summed E-state index contributed by atoms with van der Waals surface area (Å²) in [4.78, 5) is 0. The first-order chi connectivity index (χ1) is 14.5. The Labute approximate surface area is 190 Å². The number of benzene rings is 2. The molecule has 0 fully saturated rings. The van der Waals surface area contributed by atoms with Gasteiger partial charge in [0.25, 0.3) is 0 Å². The molecule has 1 heterocycles. The third-order valence-corrected chi connectivity index (χ3v) is 5.58. The molecule has 2 N–H and O–H groups in total. The van der Waals surface area contributed by atoms with Crippen LogP contribution in [-0.2, 0) is 19.6 Å². The molecule has 0 aliphatic heterocycles. The molecule has 0 atom stereocenters. The molecule has 0 unspecified atom stereocenters. The average Bonchev–Trinajstić information content (AvgIpc) is 3.08. The highest BCUT2D eigenvalue weighted by atomic mass is 79.9. The zero-order chi connectivity index (χ0) is 21.5. The fraction of sp³-hybridized carbons (Fsp3) is 0.364. The van der Waals surface area contributed by atoms with Crippen LogP contribution in [0.2, 0.25) is 0 Å². The van der Waals surface area contributed by atoms with Crippen molar-refractivity contribution in [2.24, 2.45) is 0 Å². The highest BCUT2D eigenvalue weighted by Gasteiger charge is 2.13. The molecule has 0 bridgehead atoms. The van der Waals surface area contributed by atoms with Crippen molar-refractivity contribution >= 4 is 28.1 Å². The number of halogens is 1. The molecule has 3 aromatic rings. The van der Waals surface area contributed by atoms with E-state index in [1.54, 1.807) is 0 Å². The maximum atomic E-state index is 6.06.